The molecule has 6 nitrogen and oxygen atoms in total. The van der Waals surface area contributed by atoms with Gasteiger partial charge in [-0.25, -0.2) is 0 Å². The summed E-state index contributed by atoms with van der Waals surface area (Å²) in [5.74, 6) is 1.50. The highest BCUT2D eigenvalue weighted by Gasteiger charge is 2.78. The van der Waals surface area contributed by atoms with Gasteiger partial charge in [0.05, 0.1) is 0 Å². The lowest BCUT2D eigenvalue weighted by molar-refractivity contribution is -0.154. The normalized spacial score (nSPS) is 43.4. The molecule has 0 N–H and O–H groups in total. The smallest absolute Gasteiger partial charge is 0.303 e. The highest BCUT2D eigenvalue weighted by atomic mass is 16.7. The molecule has 0 aromatic heterocycles. The Morgan fingerprint density at radius 1 is 1.11 bits per heavy atom. The highest BCUT2D eigenvalue weighted by molar-refractivity contribution is 5.66. The summed E-state index contributed by atoms with van der Waals surface area (Å²) in [7, 11) is 0. The summed E-state index contributed by atoms with van der Waals surface area (Å²) in [6.07, 6.45) is 11.8. The predicted molar refractivity (Wildman–Crippen MR) is 141 cm³/mol. The van der Waals surface area contributed by atoms with Crippen LogP contribution in [0.3, 0.4) is 0 Å². The van der Waals surface area contributed by atoms with Crippen molar-refractivity contribution in [1.29, 1.82) is 0 Å². The maximum absolute atomic E-state index is 11.6. The molecule has 0 bridgehead atoms. The van der Waals surface area contributed by atoms with E-state index in [0.29, 0.717) is 23.2 Å². The maximum Gasteiger partial charge on any atom is 0.303 e. The van der Waals surface area contributed by atoms with E-state index in [4.69, 9.17) is 18.9 Å². The molecule has 2 heterocycles. The Labute approximate surface area is 223 Å². The van der Waals surface area contributed by atoms with Crippen LogP contribution in [-0.2, 0) is 28.5 Å². The zero-order chi connectivity index (χ0) is 26.8. The number of carbonyl (C=O) groups is 2. The van der Waals surface area contributed by atoms with Crippen LogP contribution in [0, 0.1) is 23.2 Å². The van der Waals surface area contributed by atoms with E-state index >= 15 is 0 Å². The van der Waals surface area contributed by atoms with Crippen molar-refractivity contribution < 1.29 is 28.5 Å². The highest BCUT2D eigenvalue weighted by Crippen LogP contribution is 2.71. The molecular formula is C31H48O6. The monoisotopic (exact) mass is 516 g/mol. The van der Waals surface area contributed by atoms with Crippen molar-refractivity contribution in [2.24, 2.45) is 23.2 Å². The second-order valence-corrected chi connectivity index (χ2v) is 13.8. The molecule has 0 radical (unpaired) electrons. The fraction of sp³-hybridized carbons (Fsp3) is 0.871. The van der Waals surface area contributed by atoms with Crippen LogP contribution in [0.2, 0.25) is 0 Å². The van der Waals surface area contributed by atoms with E-state index in [1.54, 1.807) is 0 Å². The van der Waals surface area contributed by atoms with Crippen molar-refractivity contribution in [1.82, 2.24) is 0 Å². The Bertz CT molecular complexity index is 942. The first-order chi connectivity index (χ1) is 17.3. The molecule has 0 unspecified atom stereocenters. The lowest BCUT2D eigenvalue weighted by atomic mass is 9.57. The minimum absolute atomic E-state index is 0.0540. The molecule has 37 heavy (non-hydrogen) atoms. The molecule has 5 aliphatic rings. The molecule has 0 aromatic carbocycles. The van der Waals surface area contributed by atoms with E-state index in [0.717, 1.165) is 44.1 Å². The number of rotatable bonds is 8. The van der Waals surface area contributed by atoms with Crippen LogP contribution in [0.4, 0.5) is 0 Å². The Morgan fingerprint density at radius 2 is 1.86 bits per heavy atom. The van der Waals surface area contributed by atoms with Crippen molar-refractivity contribution in [3.63, 3.8) is 0 Å². The molecule has 208 valence electrons. The van der Waals surface area contributed by atoms with Crippen molar-refractivity contribution in [2.45, 2.75) is 147 Å². The largest absolute Gasteiger partial charge is 0.462 e. The number of fused-ring (bicyclic) bond motifs is 2. The van der Waals surface area contributed by atoms with E-state index in [1.807, 2.05) is 13.8 Å². The van der Waals surface area contributed by atoms with Gasteiger partial charge >= 0.3 is 11.9 Å². The predicted octanol–water partition coefficient (Wildman–Crippen LogP) is 6.30. The van der Waals surface area contributed by atoms with E-state index < -0.39 is 5.60 Å². The summed E-state index contributed by atoms with van der Waals surface area (Å²) in [6.45, 7) is 16.4. The van der Waals surface area contributed by atoms with E-state index in [-0.39, 0.29) is 41.5 Å². The zero-order valence-corrected chi connectivity index (χ0v) is 23.9. The number of ether oxygens (including phenoxy) is 4. The number of epoxide rings is 2. The fourth-order valence-electron chi connectivity index (χ4n) is 9.19. The third kappa shape index (κ3) is 4.79. The van der Waals surface area contributed by atoms with Gasteiger partial charge in [-0.3, -0.25) is 9.59 Å². The van der Waals surface area contributed by atoms with Crippen LogP contribution in [0.1, 0.15) is 112 Å². The van der Waals surface area contributed by atoms with Crippen LogP contribution in [0.15, 0.2) is 12.2 Å². The molecule has 0 aromatic rings. The molecule has 6 heteroatoms. The standard InChI is InChI=1S/C31H48O6/c1-19(10-8-15-28(5,6)35-22(4)33)24-13-14-25-29(24,7)16-9-17-30(25)26(36-30)27-31(37-27)18-23(34-21(3)32)12-11-20(31)2/h19,23-27H,2,8-18H2,1,3-7H3/t19-,23+,24-,25-,26-,27-,29-,30-,31+/m1/s1. The van der Waals surface area contributed by atoms with Crippen molar-refractivity contribution in [3.05, 3.63) is 12.2 Å². The Kier molecular flexibility index (Phi) is 6.88. The van der Waals surface area contributed by atoms with Gasteiger partial charge in [0.2, 0.25) is 0 Å². The van der Waals surface area contributed by atoms with Crippen molar-refractivity contribution in [2.75, 3.05) is 0 Å². The minimum atomic E-state index is -0.393. The Morgan fingerprint density at radius 3 is 2.57 bits per heavy atom. The topological polar surface area (TPSA) is 77.7 Å². The third-order valence-electron chi connectivity index (χ3n) is 10.8. The molecule has 0 amide bonds. The van der Waals surface area contributed by atoms with Gasteiger partial charge in [-0.1, -0.05) is 26.8 Å². The number of hydrogen-bond donors (Lipinski definition) is 0. The van der Waals surface area contributed by atoms with Crippen LogP contribution < -0.4 is 0 Å². The van der Waals surface area contributed by atoms with Gasteiger partial charge in [-0.2, -0.15) is 0 Å². The van der Waals surface area contributed by atoms with Gasteiger partial charge in [0.25, 0.3) is 0 Å². The van der Waals surface area contributed by atoms with E-state index in [2.05, 4.69) is 20.4 Å². The summed E-state index contributed by atoms with van der Waals surface area (Å²) in [6, 6.07) is 0. The lowest BCUT2D eigenvalue weighted by Crippen LogP contribution is -2.45. The van der Waals surface area contributed by atoms with Crippen LogP contribution in [-0.4, -0.2) is 47.1 Å². The summed E-state index contributed by atoms with van der Waals surface area (Å²) in [5, 5.41) is 0. The number of carbonyl (C=O) groups excluding carboxylic acids is 2. The maximum atomic E-state index is 11.6. The van der Waals surface area contributed by atoms with Crippen molar-refractivity contribution in [3.8, 4) is 0 Å². The van der Waals surface area contributed by atoms with Gasteiger partial charge in [-0.05, 0) is 100 Å². The van der Waals surface area contributed by atoms with Gasteiger partial charge in [-0.15, -0.1) is 0 Å². The van der Waals surface area contributed by atoms with Gasteiger partial charge < -0.3 is 18.9 Å². The summed E-state index contributed by atoms with van der Waals surface area (Å²) >= 11 is 0. The number of hydrogen-bond acceptors (Lipinski definition) is 6. The van der Waals surface area contributed by atoms with Crippen molar-refractivity contribution >= 4 is 11.9 Å². The second kappa shape index (κ2) is 9.36. The molecule has 5 rings (SSSR count). The molecule has 9 atom stereocenters. The summed E-state index contributed by atoms with van der Waals surface area (Å²) in [5.41, 5.74) is 0.640. The van der Waals surface area contributed by atoms with Crippen LogP contribution >= 0.6 is 0 Å². The van der Waals surface area contributed by atoms with Gasteiger partial charge in [0.1, 0.15) is 35.1 Å². The average molecular weight is 517 g/mol. The summed E-state index contributed by atoms with van der Waals surface area (Å²) in [4.78, 5) is 23.0. The Balaban J connectivity index is 1.22. The molecule has 3 aliphatic carbocycles. The average Bonchev–Trinajstić information content (AvgIpc) is 3.63. The first kappa shape index (κ1) is 27.2. The third-order valence-corrected chi connectivity index (χ3v) is 10.8. The minimum Gasteiger partial charge on any atom is -0.462 e. The second-order valence-electron chi connectivity index (χ2n) is 13.8. The molecule has 2 spiro atoms. The van der Waals surface area contributed by atoms with Gasteiger partial charge in [0.15, 0.2) is 0 Å². The first-order valence-electron chi connectivity index (χ1n) is 14.7. The number of esters is 2. The lowest BCUT2D eigenvalue weighted by Gasteiger charge is -2.46. The molecule has 3 saturated carbocycles. The van der Waals surface area contributed by atoms with E-state index in [9.17, 15) is 9.59 Å². The van der Waals surface area contributed by atoms with E-state index in [1.165, 1.54) is 46.0 Å². The fourth-order valence-corrected chi connectivity index (χ4v) is 9.19. The molecule has 2 aliphatic heterocycles. The molecular weight excluding hydrogens is 468 g/mol. The first-order valence-corrected chi connectivity index (χ1v) is 14.7. The Hall–Kier alpha value is -1.40. The molecule has 2 saturated heterocycles. The van der Waals surface area contributed by atoms with Crippen LogP contribution in [0.5, 0.6) is 0 Å². The van der Waals surface area contributed by atoms with Crippen LogP contribution in [0.25, 0.3) is 0 Å². The summed E-state index contributed by atoms with van der Waals surface area (Å²) < 4.78 is 24.2. The zero-order valence-electron chi connectivity index (χ0n) is 23.9. The van der Waals surface area contributed by atoms with Gasteiger partial charge in [0, 0.05) is 20.3 Å². The quantitative estimate of drug-likeness (QED) is 0.214. The SMILES string of the molecule is C=C1CC[C@H](OC(C)=O)C[C@]12O[C@@H]2[C@H]1O[C@@]12CCC[C@]1(C)[C@@H]([C@H](C)CCCC(C)(C)OC(C)=O)CC[C@H]12. The molecule has 5 fully saturated rings.